The highest BCUT2D eigenvalue weighted by molar-refractivity contribution is 5.99. The van der Waals surface area contributed by atoms with E-state index in [1.807, 2.05) is 48.2 Å². The topological polar surface area (TPSA) is 55.0 Å². The molecule has 5 nitrogen and oxygen atoms in total. The molecule has 0 saturated heterocycles. The number of hydrogen-bond acceptors (Lipinski definition) is 3. The molecule has 1 aliphatic rings. The van der Waals surface area contributed by atoms with E-state index < -0.39 is 6.04 Å². The Bertz CT molecular complexity index is 1100. The molecule has 29 heavy (non-hydrogen) atoms. The average molecular weight is 391 g/mol. The normalized spacial score (nSPS) is 16.1. The zero-order valence-corrected chi connectivity index (χ0v) is 17.2. The van der Waals surface area contributed by atoms with Gasteiger partial charge in [0.2, 0.25) is 5.76 Å². The second-order valence-corrected chi connectivity index (χ2v) is 7.69. The monoisotopic (exact) mass is 391 g/mol. The fourth-order valence-electron chi connectivity index (χ4n) is 4.18. The van der Waals surface area contributed by atoms with Crippen LogP contribution in [-0.4, -0.2) is 37.0 Å². The number of carbonyl (C=O) groups is 1. The van der Waals surface area contributed by atoms with E-state index in [0.717, 1.165) is 30.8 Å². The van der Waals surface area contributed by atoms with Crippen molar-refractivity contribution in [2.45, 2.75) is 26.8 Å². The van der Waals surface area contributed by atoms with Crippen LogP contribution < -0.4 is 10.3 Å². The van der Waals surface area contributed by atoms with Gasteiger partial charge in [0.15, 0.2) is 5.43 Å². The number of hydrogen-bond donors (Lipinski definition) is 1. The van der Waals surface area contributed by atoms with Gasteiger partial charge in [-0.15, -0.1) is 0 Å². The zero-order valence-electron chi connectivity index (χ0n) is 17.2. The van der Waals surface area contributed by atoms with Crippen molar-refractivity contribution >= 4 is 16.9 Å². The van der Waals surface area contributed by atoms with Crippen molar-refractivity contribution in [2.24, 2.45) is 0 Å². The molecule has 1 aliphatic heterocycles. The van der Waals surface area contributed by atoms with Gasteiger partial charge in [0.25, 0.3) is 5.91 Å². The zero-order chi connectivity index (χ0) is 20.5. The van der Waals surface area contributed by atoms with Crippen LogP contribution in [0.5, 0.6) is 0 Å². The number of benzene rings is 2. The summed E-state index contributed by atoms with van der Waals surface area (Å²) >= 11 is 0. The van der Waals surface area contributed by atoms with Crippen molar-refractivity contribution < 1.29 is 14.1 Å². The third kappa shape index (κ3) is 3.36. The van der Waals surface area contributed by atoms with E-state index in [1.165, 1.54) is 4.90 Å². The predicted octanol–water partition coefficient (Wildman–Crippen LogP) is 2.57. The number of nitrogens with zero attached hydrogens (tertiary/aromatic N) is 1. The van der Waals surface area contributed by atoms with Crippen molar-refractivity contribution in [3.63, 3.8) is 0 Å². The Morgan fingerprint density at radius 1 is 1.00 bits per heavy atom. The van der Waals surface area contributed by atoms with E-state index in [9.17, 15) is 9.59 Å². The molecule has 150 valence electrons. The van der Waals surface area contributed by atoms with Gasteiger partial charge in [0.1, 0.15) is 5.58 Å². The Morgan fingerprint density at radius 3 is 2.38 bits per heavy atom. The Labute approximate surface area is 170 Å². The summed E-state index contributed by atoms with van der Waals surface area (Å²) in [5.41, 5.74) is 2.90. The van der Waals surface area contributed by atoms with Crippen LogP contribution in [0.15, 0.2) is 57.7 Å². The number of likely N-dealkylation sites (N-methyl/N-ethyl adjacent to an activating group) is 1. The molecule has 0 fully saturated rings. The Kier molecular flexibility index (Phi) is 5.24. The van der Waals surface area contributed by atoms with Crippen LogP contribution in [0.25, 0.3) is 11.0 Å². The van der Waals surface area contributed by atoms with E-state index in [1.54, 1.807) is 12.1 Å². The highest BCUT2D eigenvalue weighted by atomic mass is 16.3. The van der Waals surface area contributed by atoms with E-state index in [-0.39, 0.29) is 17.1 Å². The number of quaternary nitrogens is 1. The van der Waals surface area contributed by atoms with Crippen LogP contribution in [0.2, 0.25) is 0 Å². The van der Waals surface area contributed by atoms with Crippen molar-refractivity contribution in [3.05, 3.63) is 81.2 Å². The molecule has 1 N–H and O–H groups in total. The molecule has 0 radical (unpaired) electrons. The van der Waals surface area contributed by atoms with Crippen LogP contribution >= 0.6 is 0 Å². The number of rotatable bonds is 6. The summed E-state index contributed by atoms with van der Waals surface area (Å²) in [7, 11) is 0. The lowest BCUT2D eigenvalue weighted by Crippen LogP contribution is -3.12. The van der Waals surface area contributed by atoms with Crippen LogP contribution in [0.3, 0.4) is 0 Å². The number of aryl methyl sites for hydroxylation is 1. The Morgan fingerprint density at radius 2 is 1.69 bits per heavy atom. The van der Waals surface area contributed by atoms with Gasteiger partial charge >= 0.3 is 0 Å². The lowest BCUT2D eigenvalue weighted by Gasteiger charge is -2.26. The summed E-state index contributed by atoms with van der Waals surface area (Å²) in [6.07, 6.45) is 0. The van der Waals surface area contributed by atoms with Gasteiger partial charge in [-0.1, -0.05) is 42.0 Å². The van der Waals surface area contributed by atoms with Gasteiger partial charge in [-0.25, -0.2) is 0 Å². The lowest BCUT2D eigenvalue weighted by atomic mass is 9.98. The molecule has 1 atom stereocenters. The van der Waals surface area contributed by atoms with Crippen molar-refractivity contribution in [2.75, 3.05) is 26.2 Å². The molecule has 0 saturated carbocycles. The van der Waals surface area contributed by atoms with Gasteiger partial charge in [-0.3, -0.25) is 9.59 Å². The van der Waals surface area contributed by atoms with Crippen molar-refractivity contribution in [3.8, 4) is 0 Å². The number of nitrogens with one attached hydrogen (secondary N) is 1. The first-order chi connectivity index (χ1) is 14.0. The molecule has 4 rings (SSSR count). The summed E-state index contributed by atoms with van der Waals surface area (Å²) in [6, 6.07) is 14.8. The lowest BCUT2D eigenvalue weighted by molar-refractivity contribution is -0.895. The first-order valence-electron chi connectivity index (χ1n) is 10.3. The summed E-state index contributed by atoms with van der Waals surface area (Å²) < 4.78 is 5.96. The van der Waals surface area contributed by atoms with Gasteiger partial charge in [0, 0.05) is 0 Å². The minimum atomic E-state index is -0.408. The van der Waals surface area contributed by atoms with Crippen molar-refractivity contribution in [1.82, 2.24) is 4.90 Å². The third-order valence-electron chi connectivity index (χ3n) is 5.97. The third-order valence-corrected chi connectivity index (χ3v) is 5.97. The minimum absolute atomic E-state index is 0.113. The largest absolute Gasteiger partial charge is 0.450 e. The molecule has 2 aromatic carbocycles. The highest BCUT2D eigenvalue weighted by Crippen LogP contribution is 2.37. The van der Waals surface area contributed by atoms with Crippen LogP contribution in [0.1, 0.15) is 47.1 Å². The molecule has 1 amide bonds. The summed E-state index contributed by atoms with van der Waals surface area (Å²) in [6.45, 7) is 9.74. The van der Waals surface area contributed by atoms with Gasteiger partial charge in [-0.05, 0) is 38.5 Å². The molecular formula is C24H27N2O3+. The molecule has 0 bridgehead atoms. The molecule has 2 heterocycles. The first kappa shape index (κ1) is 19.4. The maximum atomic E-state index is 13.4. The standard InChI is InChI=1S/C24H26N2O3/c1-4-25(5-2)14-15-26-21(17-12-10-16(3)11-13-17)20-22(27)18-8-6-7-9-19(18)29-23(20)24(26)28/h6-13,21H,4-5,14-15H2,1-3H3/p+1/t21-/m1/s1. The van der Waals surface area contributed by atoms with Crippen LogP contribution in [-0.2, 0) is 0 Å². The number of amides is 1. The van der Waals surface area contributed by atoms with Crippen LogP contribution in [0.4, 0.5) is 0 Å². The molecule has 3 aromatic rings. The fourth-order valence-corrected chi connectivity index (χ4v) is 4.18. The molecule has 1 aromatic heterocycles. The van der Waals surface area contributed by atoms with E-state index >= 15 is 0 Å². The Hall–Kier alpha value is -2.92. The fraction of sp³-hybridized carbons (Fsp3) is 0.333. The molecule has 5 heteroatoms. The van der Waals surface area contributed by atoms with E-state index in [0.29, 0.717) is 23.1 Å². The number of fused-ring (bicyclic) bond motifs is 2. The van der Waals surface area contributed by atoms with Gasteiger partial charge in [0.05, 0.1) is 43.2 Å². The number of para-hydroxylation sites is 1. The molecule has 0 aliphatic carbocycles. The summed E-state index contributed by atoms with van der Waals surface area (Å²) in [4.78, 5) is 29.9. The maximum absolute atomic E-state index is 13.4. The first-order valence-corrected chi connectivity index (χ1v) is 10.3. The van der Waals surface area contributed by atoms with Crippen molar-refractivity contribution in [1.29, 1.82) is 0 Å². The van der Waals surface area contributed by atoms with E-state index in [4.69, 9.17) is 4.42 Å². The summed E-state index contributed by atoms with van der Waals surface area (Å²) in [5.74, 6) is -0.00574. The second kappa shape index (κ2) is 7.84. The molecule has 0 spiro atoms. The summed E-state index contributed by atoms with van der Waals surface area (Å²) in [5, 5.41) is 0.521. The van der Waals surface area contributed by atoms with Crippen LogP contribution in [0, 0.1) is 6.92 Å². The molecule has 0 unspecified atom stereocenters. The number of carbonyl (C=O) groups excluding carboxylic acids is 1. The average Bonchev–Trinajstić information content (AvgIpc) is 3.02. The highest BCUT2D eigenvalue weighted by Gasteiger charge is 2.42. The smallest absolute Gasteiger partial charge is 0.291 e. The van der Waals surface area contributed by atoms with Gasteiger partial charge < -0.3 is 14.2 Å². The predicted molar refractivity (Wildman–Crippen MR) is 113 cm³/mol. The SMILES string of the molecule is CC[NH+](CC)CCN1C(=O)c2oc3ccccc3c(=O)c2[C@H]1c1ccc(C)cc1. The quantitative estimate of drug-likeness (QED) is 0.703. The minimum Gasteiger partial charge on any atom is -0.450 e. The maximum Gasteiger partial charge on any atom is 0.291 e. The van der Waals surface area contributed by atoms with Gasteiger partial charge in [-0.2, -0.15) is 0 Å². The Balaban J connectivity index is 1.85. The second-order valence-electron chi connectivity index (χ2n) is 7.69. The van der Waals surface area contributed by atoms with E-state index in [2.05, 4.69) is 13.8 Å². The molecular weight excluding hydrogens is 364 g/mol.